The van der Waals surface area contributed by atoms with Gasteiger partial charge in [0.05, 0.1) is 11.0 Å². The Balaban J connectivity index is 2.34. The van der Waals surface area contributed by atoms with E-state index in [1.807, 2.05) is 0 Å². The molecule has 1 aliphatic rings. The smallest absolute Gasteiger partial charge is 0.153 e. The Morgan fingerprint density at radius 1 is 1.50 bits per heavy atom. The van der Waals surface area contributed by atoms with Gasteiger partial charge in [0.1, 0.15) is 0 Å². The van der Waals surface area contributed by atoms with Crippen LogP contribution in [0.2, 0.25) is 0 Å². The van der Waals surface area contributed by atoms with Gasteiger partial charge in [-0.05, 0) is 20.3 Å². The summed E-state index contributed by atoms with van der Waals surface area (Å²) in [5.74, 6) is 0.265. The lowest BCUT2D eigenvalue weighted by atomic mass is 10.0. The summed E-state index contributed by atoms with van der Waals surface area (Å²) in [6.45, 7) is 5.73. The van der Waals surface area contributed by atoms with Crippen LogP contribution >= 0.6 is 0 Å². The molecule has 1 fully saturated rings. The Hall–Kier alpha value is -0.130. The maximum absolute atomic E-state index is 11.5. The van der Waals surface area contributed by atoms with Crippen LogP contribution in [0.5, 0.6) is 0 Å². The van der Waals surface area contributed by atoms with Crippen molar-refractivity contribution in [3.05, 3.63) is 0 Å². The molecule has 0 aromatic rings. The highest BCUT2D eigenvalue weighted by molar-refractivity contribution is 7.92. The van der Waals surface area contributed by atoms with Gasteiger partial charge in [-0.15, -0.1) is 0 Å². The molecule has 14 heavy (non-hydrogen) atoms. The van der Waals surface area contributed by atoms with Gasteiger partial charge < -0.3 is 5.73 Å². The van der Waals surface area contributed by atoms with E-state index in [1.54, 1.807) is 13.8 Å². The monoisotopic (exact) mass is 220 g/mol. The molecule has 0 radical (unpaired) electrons. The molecule has 1 rings (SSSR count). The number of hydrogen-bond donors (Lipinski definition) is 1. The molecule has 0 aromatic heterocycles. The first-order valence-electron chi connectivity index (χ1n) is 5.13. The zero-order valence-corrected chi connectivity index (χ0v) is 9.76. The SMILES string of the molecule is CC(C)S(=O)(=O)CCN1CCC1CN. The number of nitrogens with two attached hydrogens (primary N) is 1. The van der Waals surface area contributed by atoms with Crippen molar-refractivity contribution in [3.63, 3.8) is 0 Å². The summed E-state index contributed by atoms with van der Waals surface area (Å²) >= 11 is 0. The summed E-state index contributed by atoms with van der Waals surface area (Å²) in [7, 11) is -2.88. The van der Waals surface area contributed by atoms with Crippen molar-refractivity contribution in [3.8, 4) is 0 Å². The van der Waals surface area contributed by atoms with Crippen LogP contribution in [0.3, 0.4) is 0 Å². The second-order valence-electron chi connectivity index (χ2n) is 4.13. The molecule has 1 saturated heterocycles. The summed E-state index contributed by atoms with van der Waals surface area (Å²) in [6.07, 6.45) is 1.11. The molecule has 1 aliphatic heterocycles. The van der Waals surface area contributed by atoms with E-state index in [9.17, 15) is 8.42 Å². The average Bonchev–Trinajstić information content (AvgIpc) is 2.02. The molecule has 0 amide bonds. The lowest BCUT2D eigenvalue weighted by molar-refractivity contribution is 0.105. The largest absolute Gasteiger partial charge is 0.329 e. The highest BCUT2D eigenvalue weighted by atomic mass is 32.2. The number of sulfone groups is 1. The van der Waals surface area contributed by atoms with Crippen molar-refractivity contribution in [1.29, 1.82) is 0 Å². The van der Waals surface area contributed by atoms with E-state index in [0.717, 1.165) is 13.0 Å². The fraction of sp³-hybridized carbons (Fsp3) is 1.00. The lowest BCUT2D eigenvalue weighted by Crippen LogP contribution is -2.53. The first-order chi connectivity index (χ1) is 6.47. The van der Waals surface area contributed by atoms with Gasteiger partial charge in [0.25, 0.3) is 0 Å². The minimum absolute atomic E-state index is 0.264. The average molecular weight is 220 g/mol. The molecule has 4 nitrogen and oxygen atoms in total. The molecule has 0 spiro atoms. The molecule has 5 heteroatoms. The van der Waals surface area contributed by atoms with Crippen molar-refractivity contribution in [1.82, 2.24) is 4.90 Å². The van der Waals surface area contributed by atoms with E-state index >= 15 is 0 Å². The predicted octanol–water partition coefficient (Wildman–Crippen LogP) is -0.157. The van der Waals surface area contributed by atoms with Gasteiger partial charge in [0.15, 0.2) is 9.84 Å². The first-order valence-corrected chi connectivity index (χ1v) is 6.84. The van der Waals surface area contributed by atoms with Crippen molar-refractivity contribution < 1.29 is 8.42 Å². The van der Waals surface area contributed by atoms with Crippen molar-refractivity contribution in [2.24, 2.45) is 5.73 Å². The number of hydrogen-bond acceptors (Lipinski definition) is 4. The van der Waals surface area contributed by atoms with Crippen molar-refractivity contribution in [2.45, 2.75) is 31.6 Å². The second-order valence-corrected chi connectivity index (χ2v) is 6.81. The highest BCUT2D eigenvalue weighted by Crippen LogP contribution is 2.16. The molecule has 2 N–H and O–H groups in total. The Kier molecular flexibility index (Phi) is 3.92. The third-order valence-corrected chi connectivity index (χ3v) is 5.11. The van der Waals surface area contributed by atoms with Gasteiger partial charge in [0, 0.05) is 25.7 Å². The van der Waals surface area contributed by atoms with E-state index in [2.05, 4.69) is 4.90 Å². The molecular weight excluding hydrogens is 200 g/mol. The second kappa shape index (κ2) is 4.59. The minimum Gasteiger partial charge on any atom is -0.329 e. The molecule has 1 atom stereocenters. The quantitative estimate of drug-likeness (QED) is 0.699. The Morgan fingerprint density at radius 3 is 2.50 bits per heavy atom. The lowest BCUT2D eigenvalue weighted by Gasteiger charge is -2.40. The van der Waals surface area contributed by atoms with Crippen LogP contribution in [-0.4, -0.2) is 50.0 Å². The van der Waals surface area contributed by atoms with E-state index in [4.69, 9.17) is 5.73 Å². The maximum Gasteiger partial charge on any atom is 0.153 e. The van der Waals surface area contributed by atoms with Gasteiger partial charge in [-0.3, -0.25) is 4.90 Å². The number of rotatable bonds is 5. The molecule has 0 bridgehead atoms. The first kappa shape index (κ1) is 11.9. The molecule has 1 heterocycles. The molecule has 0 saturated carbocycles. The highest BCUT2D eigenvalue weighted by Gasteiger charge is 2.28. The predicted molar refractivity (Wildman–Crippen MR) is 58.0 cm³/mol. The van der Waals surface area contributed by atoms with Crippen LogP contribution in [0.1, 0.15) is 20.3 Å². The Labute approximate surface area is 86.4 Å². The van der Waals surface area contributed by atoms with E-state index in [-0.39, 0.29) is 11.0 Å². The number of nitrogens with zero attached hydrogens (tertiary/aromatic N) is 1. The van der Waals surface area contributed by atoms with Crippen molar-refractivity contribution in [2.75, 3.05) is 25.4 Å². The van der Waals surface area contributed by atoms with Crippen LogP contribution in [0, 0.1) is 0 Å². The normalized spacial score (nSPS) is 23.9. The standard InChI is InChI=1S/C9H20N2O2S/c1-8(2)14(12,13)6-5-11-4-3-9(11)7-10/h8-9H,3-7,10H2,1-2H3. The summed E-state index contributed by atoms with van der Waals surface area (Å²) in [6, 6.07) is 0.414. The molecule has 0 aromatic carbocycles. The number of likely N-dealkylation sites (tertiary alicyclic amines) is 1. The molecular formula is C9H20N2O2S. The van der Waals surface area contributed by atoms with Crippen LogP contribution in [0.15, 0.2) is 0 Å². The van der Waals surface area contributed by atoms with Crippen LogP contribution < -0.4 is 5.73 Å². The fourth-order valence-electron chi connectivity index (χ4n) is 1.54. The van der Waals surface area contributed by atoms with Crippen LogP contribution in [-0.2, 0) is 9.84 Å². The van der Waals surface area contributed by atoms with Gasteiger partial charge in [-0.25, -0.2) is 8.42 Å². The van der Waals surface area contributed by atoms with E-state index in [0.29, 0.717) is 19.1 Å². The summed E-state index contributed by atoms with van der Waals surface area (Å²) in [4.78, 5) is 2.15. The molecule has 0 aliphatic carbocycles. The third kappa shape index (κ3) is 2.68. The van der Waals surface area contributed by atoms with Gasteiger partial charge >= 0.3 is 0 Å². The summed E-state index contributed by atoms with van der Waals surface area (Å²) < 4.78 is 23.0. The Bertz CT molecular complexity index is 273. The molecule has 84 valence electrons. The summed E-state index contributed by atoms with van der Waals surface area (Å²) in [5.41, 5.74) is 5.53. The van der Waals surface area contributed by atoms with Crippen LogP contribution in [0.4, 0.5) is 0 Å². The maximum atomic E-state index is 11.5. The van der Waals surface area contributed by atoms with Gasteiger partial charge in [-0.1, -0.05) is 0 Å². The summed E-state index contributed by atoms with van der Waals surface area (Å²) in [5, 5.41) is -0.264. The van der Waals surface area contributed by atoms with Gasteiger partial charge in [-0.2, -0.15) is 0 Å². The van der Waals surface area contributed by atoms with Gasteiger partial charge in [0.2, 0.25) is 0 Å². The zero-order chi connectivity index (χ0) is 10.8. The van der Waals surface area contributed by atoms with Crippen LogP contribution in [0.25, 0.3) is 0 Å². The third-order valence-electron chi connectivity index (χ3n) is 2.92. The zero-order valence-electron chi connectivity index (χ0n) is 8.94. The molecule has 1 unspecified atom stereocenters. The van der Waals surface area contributed by atoms with E-state index in [1.165, 1.54) is 0 Å². The minimum atomic E-state index is -2.88. The van der Waals surface area contributed by atoms with E-state index < -0.39 is 9.84 Å². The topological polar surface area (TPSA) is 63.4 Å². The van der Waals surface area contributed by atoms with Crippen molar-refractivity contribution >= 4 is 9.84 Å². The fourth-order valence-corrected chi connectivity index (χ4v) is 2.50. The Morgan fingerprint density at radius 2 is 2.14 bits per heavy atom.